The van der Waals surface area contributed by atoms with Gasteiger partial charge in [-0.2, -0.15) is 0 Å². The number of carbonyl (C=O) groups is 6. The number of ketones is 1. The summed E-state index contributed by atoms with van der Waals surface area (Å²) in [6, 6.07) is 0. The summed E-state index contributed by atoms with van der Waals surface area (Å²) in [5.41, 5.74) is -2.18. The molecule has 0 N–H and O–H groups in total. The van der Waals surface area contributed by atoms with Crippen LogP contribution in [-0.2, 0) is 52.5 Å². The van der Waals surface area contributed by atoms with Crippen LogP contribution in [0.5, 0.6) is 0 Å². The van der Waals surface area contributed by atoms with Gasteiger partial charge in [-0.15, -0.1) is 0 Å². The van der Waals surface area contributed by atoms with Gasteiger partial charge in [0.25, 0.3) is 6.29 Å². The molecule has 0 aromatic carbocycles. The van der Waals surface area contributed by atoms with E-state index in [-0.39, 0.29) is 30.8 Å². The normalized spacial score (nSPS) is 35.0. The van der Waals surface area contributed by atoms with Gasteiger partial charge >= 0.3 is 29.8 Å². The van der Waals surface area contributed by atoms with E-state index in [1.54, 1.807) is 13.0 Å². The van der Waals surface area contributed by atoms with Gasteiger partial charge in [0.1, 0.15) is 13.2 Å². The van der Waals surface area contributed by atoms with E-state index in [2.05, 4.69) is 0 Å². The molecule has 11 heteroatoms. The molecular weight excluding hydrogens is 512 g/mol. The van der Waals surface area contributed by atoms with Crippen LogP contribution in [0, 0.1) is 28.1 Å². The molecule has 0 unspecified atom stereocenters. The molecule has 3 aliphatic carbocycles. The second kappa shape index (κ2) is 9.91. The summed E-state index contributed by atoms with van der Waals surface area (Å²) in [4.78, 5) is 74.3. The van der Waals surface area contributed by atoms with Gasteiger partial charge in [0.15, 0.2) is 5.76 Å². The van der Waals surface area contributed by atoms with Crippen molar-refractivity contribution in [2.45, 2.75) is 73.5 Å². The first-order chi connectivity index (χ1) is 18.2. The lowest BCUT2D eigenvalue weighted by atomic mass is 9.41. The Hall–Kier alpha value is -3.50. The Labute approximate surface area is 226 Å². The van der Waals surface area contributed by atoms with E-state index in [1.165, 1.54) is 27.7 Å². The lowest BCUT2D eigenvalue weighted by Crippen LogP contribution is -2.62. The first kappa shape index (κ1) is 28.5. The summed E-state index contributed by atoms with van der Waals surface area (Å²) in [7, 11) is 0. The second-order valence-corrected chi connectivity index (χ2v) is 11.4. The lowest BCUT2D eigenvalue weighted by molar-refractivity contribution is -0.183. The highest BCUT2D eigenvalue weighted by molar-refractivity contribution is 6.01. The summed E-state index contributed by atoms with van der Waals surface area (Å²) in [6.07, 6.45) is 1.94. The molecule has 0 radical (unpaired) electrons. The third kappa shape index (κ3) is 4.65. The van der Waals surface area contributed by atoms with Crippen molar-refractivity contribution in [1.29, 1.82) is 0 Å². The number of carbonyl (C=O) groups excluding carboxylic acids is 6. The molecule has 1 aliphatic heterocycles. The van der Waals surface area contributed by atoms with Gasteiger partial charge in [0.05, 0.1) is 5.41 Å². The molecule has 1 fully saturated rings. The van der Waals surface area contributed by atoms with Crippen LogP contribution < -0.4 is 0 Å². The zero-order valence-electron chi connectivity index (χ0n) is 23.0. The second-order valence-electron chi connectivity index (χ2n) is 11.4. The van der Waals surface area contributed by atoms with Crippen LogP contribution in [0.4, 0.5) is 0 Å². The first-order valence-corrected chi connectivity index (χ1v) is 13.0. The molecule has 0 spiro atoms. The molecule has 1 saturated carbocycles. The molecular formula is C28H34O11. The summed E-state index contributed by atoms with van der Waals surface area (Å²) in [5.74, 6) is -4.27. The number of cyclic esters (lactones) is 1. The largest absolute Gasteiger partial charge is 0.465 e. The quantitative estimate of drug-likeness (QED) is 0.357. The molecule has 0 aromatic heterocycles. The molecule has 6 atom stereocenters. The van der Waals surface area contributed by atoms with Crippen LogP contribution in [0.1, 0.15) is 67.2 Å². The number of ether oxygens (including phenoxy) is 5. The highest BCUT2D eigenvalue weighted by atomic mass is 16.7. The highest BCUT2D eigenvalue weighted by Crippen LogP contribution is 2.68. The number of fused-ring (bicyclic) bond motifs is 4. The van der Waals surface area contributed by atoms with E-state index in [4.69, 9.17) is 23.7 Å². The van der Waals surface area contributed by atoms with E-state index < -0.39 is 58.2 Å². The number of hydrogen-bond donors (Lipinski definition) is 0. The molecule has 39 heavy (non-hydrogen) atoms. The monoisotopic (exact) mass is 546 g/mol. The standard InChI is InChI=1S/C28H34O11/c1-14(29)35-12-27(6)20-9-10-28(13-36-15(2)30)21(26(20,5)11-19(23(27)33)37-16(3)31)8-7-18-22(28)25(38-17(4)32)39-24(18)34/h11,20-21,25H,7-10,12-13H2,1-6H3/t20-,21-,25-,26+,27-,28+/m1/s1. The predicted molar refractivity (Wildman–Crippen MR) is 131 cm³/mol. The summed E-state index contributed by atoms with van der Waals surface area (Å²) in [6.45, 7) is 8.27. The zero-order chi connectivity index (χ0) is 28.9. The van der Waals surface area contributed by atoms with Crippen molar-refractivity contribution in [2.24, 2.45) is 28.1 Å². The van der Waals surface area contributed by atoms with Crippen LogP contribution in [0.25, 0.3) is 0 Å². The van der Waals surface area contributed by atoms with E-state index in [0.717, 1.165) is 0 Å². The molecule has 0 saturated heterocycles. The molecule has 0 bridgehead atoms. The van der Waals surface area contributed by atoms with Gasteiger partial charge in [-0.3, -0.25) is 24.0 Å². The predicted octanol–water partition coefficient (Wildman–Crippen LogP) is 2.70. The van der Waals surface area contributed by atoms with Gasteiger partial charge in [-0.05, 0) is 55.9 Å². The van der Waals surface area contributed by atoms with E-state index in [1.807, 2.05) is 6.92 Å². The van der Waals surface area contributed by atoms with Crippen LogP contribution in [0.15, 0.2) is 23.0 Å². The van der Waals surface area contributed by atoms with Crippen molar-refractivity contribution < 1.29 is 52.5 Å². The van der Waals surface area contributed by atoms with Crippen molar-refractivity contribution in [3.63, 3.8) is 0 Å². The Kier molecular flexibility index (Phi) is 7.24. The molecule has 0 aromatic rings. The Balaban J connectivity index is 1.91. The third-order valence-corrected chi connectivity index (χ3v) is 8.88. The van der Waals surface area contributed by atoms with E-state index >= 15 is 0 Å². The Morgan fingerprint density at radius 1 is 0.897 bits per heavy atom. The van der Waals surface area contributed by atoms with Crippen LogP contribution >= 0.6 is 0 Å². The van der Waals surface area contributed by atoms with Crippen molar-refractivity contribution in [3.8, 4) is 0 Å². The SMILES string of the molecule is CC(=O)OC[C@@]12CC[C@@H]3[C@](C)(C=C(OC(C)=O)C(=O)[C@]3(C)COC(C)=O)[C@H]1CCC1=C2[C@H](OC(C)=O)OC1=O. The molecule has 212 valence electrons. The fourth-order valence-corrected chi connectivity index (χ4v) is 7.53. The van der Waals surface area contributed by atoms with Crippen molar-refractivity contribution in [3.05, 3.63) is 23.0 Å². The number of rotatable bonds is 6. The first-order valence-electron chi connectivity index (χ1n) is 13.0. The zero-order valence-corrected chi connectivity index (χ0v) is 23.0. The summed E-state index contributed by atoms with van der Waals surface area (Å²) >= 11 is 0. The number of allylic oxidation sites excluding steroid dienone is 2. The molecule has 0 amide bonds. The smallest absolute Gasteiger partial charge is 0.337 e. The van der Waals surface area contributed by atoms with E-state index in [0.29, 0.717) is 36.8 Å². The summed E-state index contributed by atoms with van der Waals surface area (Å²) < 4.78 is 27.2. The Morgan fingerprint density at radius 2 is 1.54 bits per heavy atom. The van der Waals surface area contributed by atoms with Gasteiger partial charge in [0, 0.05) is 44.3 Å². The fourth-order valence-electron chi connectivity index (χ4n) is 7.53. The molecule has 4 rings (SSSR count). The topological polar surface area (TPSA) is 149 Å². The Bertz CT molecular complexity index is 1210. The Morgan fingerprint density at radius 3 is 2.13 bits per heavy atom. The molecule has 4 aliphatic rings. The highest BCUT2D eigenvalue weighted by Gasteiger charge is 2.68. The fraction of sp³-hybridized carbons (Fsp3) is 0.643. The average Bonchev–Trinajstić information content (AvgIpc) is 3.14. The van der Waals surface area contributed by atoms with Gasteiger partial charge in [0.2, 0.25) is 5.78 Å². The van der Waals surface area contributed by atoms with Gasteiger partial charge in [-0.1, -0.05) is 6.92 Å². The average molecular weight is 547 g/mol. The molecule has 11 nitrogen and oxygen atoms in total. The van der Waals surface area contributed by atoms with Crippen molar-refractivity contribution in [2.75, 3.05) is 13.2 Å². The number of hydrogen-bond acceptors (Lipinski definition) is 11. The molecule has 1 heterocycles. The van der Waals surface area contributed by atoms with Crippen LogP contribution in [-0.4, -0.2) is 55.1 Å². The maximum Gasteiger partial charge on any atom is 0.337 e. The minimum atomic E-state index is -1.27. The minimum Gasteiger partial charge on any atom is -0.465 e. The number of Topliss-reactive ketones (excluding diaryl/α,β-unsaturated/α-hetero) is 1. The van der Waals surface area contributed by atoms with Crippen LogP contribution in [0.3, 0.4) is 0 Å². The maximum absolute atomic E-state index is 13.7. The summed E-state index contributed by atoms with van der Waals surface area (Å²) in [5, 5.41) is 0. The minimum absolute atomic E-state index is 0.103. The van der Waals surface area contributed by atoms with Crippen molar-refractivity contribution >= 4 is 35.6 Å². The third-order valence-electron chi connectivity index (χ3n) is 8.88. The van der Waals surface area contributed by atoms with Crippen LogP contribution in [0.2, 0.25) is 0 Å². The number of esters is 5. The van der Waals surface area contributed by atoms with Gasteiger partial charge < -0.3 is 23.7 Å². The lowest BCUT2D eigenvalue weighted by Gasteiger charge is -2.62. The van der Waals surface area contributed by atoms with Crippen molar-refractivity contribution in [1.82, 2.24) is 0 Å². The van der Waals surface area contributed by atoms with E-state index in [9.17, 15) is 28.8 Å². The maximum atomic E-state index is 13.7. The van der Waals surface area contributed by atoms with Gasteiger partial charge in [-0.25, -0.2) is 4.79 Å².